The largest absolute Gasteiger partial charge is 0.480 e. The first kappa shape index (κ1) is 12.6. The Bertz CT molecular complexity index is 791. The highest BCUT2D eigenvalue weighted by Gasteiger charge is 2.15. The maximum Gasteiger partial charge on any atom is 0.325 e. The molecule has 0 aliphatic rings. The predicted octanol–water partition coefficient (Wildman–Crippen LogP) is -0.492. The van der Waals surface area contributed by atoms with Gasteiger partial charge in [-0.05, 0) is 6.07 Å². The highest BCUT2D eigenvalue weighted by molar-refractivity contribution is 8.13. The molecule has 0 aliphatic carbocycles. The fourth-order valence-corrected chi connectivity index (χ4v) is 2.14. The Labute approximate surface area is 104 Å². The Morgan fingerprint density at radius 1 is 1.50 bits per heavy atom. The Kier molecular flexibility index (Phi) is 2.87. The van der Waals surface area contributed by atoms with E-state index in [4.69, 9.17) is 15.8 Å². The van der Waals surface area contributed by atoms with E-state index in [1.807, 2.05) is 0 Å². The molecule has 0 saturated heterocycles. The fraction of sp³-hybridized carbons (Fsp3) is 0.125. The first-order chi connectivity index (χ1) is 8.29. The van der Waals surface area contributed by atoms with E-state index in [1.54, 1.807) is 0 Å². The second-order valence-electron chi connectivity index (χ2n) is 3.39. The molecule has 0 radical (unpaired) electrons. The zero-order valence-corrected chi connectivity index (χ0v) is 10.2. The molecule has 2 aromatic rings. The van der Waals surface area contributed by atoms with Crippen LogP contribution < -0.4 is 5.56 Å². The van der Waals surface area contributed by atoms with Crippen molar-refractivity contribution in [2.24, 2.45) is 0 Å². The minimum atomic E-state index is -3.96. The summed E-state index contributed by atoms with van der Waals surface area (Å²) in [4.78, 5) is 22.0. The van der Waals surface area contributed by atoms with Gasteiger partial charge in [-0.15, -0.1) is 0 Å². The van der Waals surface area contributed by atoms with Crippen LogP contribution in [-0.2, 0) is 20.4 Å². The van der Waals surface area contributed by atoms with Crippen LogP contribution in [0.1, 0.15) is 0 Å². The van der Waals surface area contributed by atoms with Crippen LogP contribution in [0, 0.1) is 0 Å². The van der Waals surface area contributed by atoms with Crippen LogP contribution in [0.5, 0.6) is 0 Å². The fourth-order valence-electron chi connectivity index (χ4n) is 1.40. The highest BCUT2D eigenvalue weighted by Crippen LogP contribution is 2.16. The SMILES string of the molecule is O=C(O)Cn1ncn2cc(S(=O)(=O)Cl)cc2c1=O. The topological polar surface area (TPSA) is 111 Å². The summed E-state index contributed by atoms with van der Waals surface area (Å²) < 4.78 is 24.1. The number of rotatable bonds is 3. The molecule has 0 aliphatic heterocycles. The number of aliphatic carboxylic acids is 1. The van der Waals surface area contributed by atoms with E-state index in [-0.39, 0.29) is 10.4 Å². The summed E-state index contributed by atoms with van der Waals surface area (Å²) in [6, 6.07) is 1.06. The molecule has 8 nitrogen and oxygen atoms in total. The second kappa shape index (κ2) is 4.10. The molecular formula is C8H6ClN3O5S. The van der Waals surface area contributed by atoms with Crippen molar-refractivity contribution in [2.75, 3.05) is 0 Å². The van der Waals surface area contributed by atoms with Gasteiger partial charge in [0.1, 0.15) is 23.3 Å². The third kappa shape index (κ3) is 2.22. The molecule has 96 valence electrons. The van der Waals surface area contributed by atoms with Crippen molar-refractivity contribution in [3.05, 3.63) is 28.9 Å². The standard InChI is InChI=1S/C8H6ClN3O5S/c9-18(16,17)5-1-6-8(15)12(3-7(13)14)10-4-11(6)2-5/h1-2,4H,3H2,(H,13,14). The van der Waals surface area contributed by atoms with Crippen molar-refractivity contribution in [3.63, 3.8) is 0 Å². The van der Waals surface area contributed by atoms with Crippen molar-refractivity contribution in [1.29, 1.82) is 0 Å². The molecule has 0 fully saturated rings. The smallest absolute Gasteiger partial charge is 0.325 e. The van der Waals surface area contributed by atoms with Crippen LogP contribution >= 0.6 is 10.7 Å². The molecule has 2 heterocycles. The van der Waals surface area contributed by atoms with Crippen molar-refractivity contribution in [2.45, 2.75) is 11.4 Å². The third-order valence-electron chi connectivity index (χ3n) is 2.16. The maximum atomic E-state index is 11.8. The van der Waals surface area contributed by atoms with Crippen LogP contribution in [0.25, 0.3) is 5.52 Å². The molecule has 18 heavy (non-hydrogen) atoms. The van der Waals surface area contributed by atoms with Gasteiger partial charge in [0.2, 0.25) is 0 Å². The normalized spacial score (nSPS) is 11.8. The van der Waals surface area contributed by atoms with Gasteiger partial charge in [-0.1, -0.05) is 0 Å². The average molecular weight is 292 g/mol. The molecule has 0 aromatic carbocycles. The number of halogens is 1. The molecule has 0 saturated carbocycles. The minimum Gasteiger partial charge on any atom is -0.480 e. The van der Waals surface area contributed by atoms with E-state index in [9.17, 15) is 18.0 Å². The average Bonchev–Trinajstić information content (AvgIpc) is 2.66. The summed E-state index contributed by atoms with van der Waals surface area (Å²) in [5.41, 5.74) is -0.739. The number of aromatic nitrogens is 3. The number of hydrogen-bond acceptors (Lipinski definition) is 5. The van der Waals surface area contributed by atoms with Gasteiger partial charge in [-0.3, -0.25) is 14.0 Å². The van der Waals surface area contributed by atoms with Gasteiger partial charge in [-0.25, -0.2) is 13.1 Å². The number of nitrogens with zero attached hydrogens (tertiary/aromatic N) is 3. The molecule has 2 rings (SSSR count). The van der Waals surface area contributed by atoms with E-state index < -0.39 is 27.1 Å². The molecule has 0 spiro atoms. The maximum absolute atomic E-state index is 11.8. The molecule has 10 heteroatoms. The van der Waals surface area contributed by atoms with Gasteiger partial charge in [0.05, 0.1) is 0 Å². The minimum absolute atomic E-state index is 0.0227. The van der Waals surface area contributed by atoms with Crippen LogP contribution in [0.15, 0.2) is 28.3 Å². The summed E-state index contributed by atoms with van der Waals surface area (Å²) in [5, 5.41) is 12.2. The van der Waals surface area contributed by atoms with E-state index in [2.05, 4.69) is 5.10 Å². The molecular weight excluding hydrogens is 286 g/mol. The third-order valence-corrected chi connectivity index (χ3v) is 3.48. The monoisotopic (exact) mass is 291 g/mol. The van der Waals surface area contributed by atoms with Crippen LogP contribution in [0.4, 0.5) is 0 Å². The molecule has 0 unspecified atom stereocenters. The lowest BCUT2D eigenvalue weighted by Gasteiger charge is -2.00. The van der Waals surface area contributed by atoms with Gasteiger partial charge in [0.15, 0.2) is 0 Å². The summed E-state index contributed by atoms with van der Waals surface area (Å²) in [6.45, 7) is -0.608. The van der Waals surface area contributed by atoms with Crippen molar-refractivity contribution in [1.82, 2.24) is 14.2 Å². The summed E-state index contributed by atoms with van der Waals surface area (Å²) in [5.74, 6) is -1.23. The lowest BCUT2D eigenvalue weighted by atomic mass is 10.5. The van der Waals surface area contributed by atoms with Crippen LogP contribution in [-0.4, -0.2) is 33.7 Å². The molecule has 0 bridgehead atoms. The molecule has 1 N–H and O–H groups in total. The number of carboxylic acid groups (broad SMARTS) is 1. The zero-order valence-electron chi connectivity index (χ0n) is 8.65. The Morgan fingerprint density at radius 3 is 2.72 bits per heavy atom. The summed E-state index contributed by atoms with van der Waals surface area (Å²) in [6.07, 6.45) is 2.25. The van der Waals surface area contributed by atoms with Gasteiger partial charge in [0, 0.05) is 16.9 Å². The number of fused-ring (bicyclic) bond motifs is 1. The van der Waals surface area contributed by atoms with Crippen molar-refractivity contribution >= 4 is 31.2 Å². The first-order valence-electron chi connectivity index (χ1n) is 4.53. The molecule has 0 amide bonds. The Balaban J connectivity index is 2.68. The zero-order chi connectivity index (χ0) is 13.5. The number of carbonyl (C=O) groups is 1. The molecule has 2 aromatic heterocycles. The lowest BCUT2D eigenvalue weighted by molar-refractivity contribution is -0.138. The van der Waals surface area contributed by atoms with Crippen molar-refractivity contribution in [3.8, 4) is 0 Å². The molecule has 0 atom stereocenters. The lowest BCUT2D eigenvalue weighted by Crippen LogP contribution is -2.27. The number of carboxylic acids is 1. The van der Waals surface area contributed by atoms with E-state index in [1.165, 1.54) is 0 Å². The predicted molar refractivity (Wildman–Crippen MR) is 60.1 cm³/mol. The number of hydrogen-bond donors (Lipinski definition) is 1. The van der Waals surface area contributed by atoms with Gasteiger partial charge in [-0.2, -0.15) is 5.10 Å². The van der Waals surface area contributed by atoms with Gasteiger partial charge in [0.25, 0.3) is 14.6 Å². The summed E-state index contributed by atoms with van der Waals surface area (Å²) in [7, 11) is 1.18. The van der Waals surface area contributed by atoms with Crippen LogP contribution in [0.2, 0.25) is 0 Å². The van der Waals surface area contributed by atoms with Gasteiger partial charge >= 0.3 is 5.97 Å². The van der Waals surface area contributed by atoms with Gasteiger partial charge < -0.3 is 5.11 Å². The first-order valence-corrected chi connectivity index (χ1v) is 6.84. The Morgan fingerprint density at radius 2 is 2.17 bits per heavy atom. The van der Waals surface area contributed by atoms with Crippen molar-refractivity contribution < 1.29 is 18.3 Å². The Hall–Kier alpha value is -1.87. The highest BCUT2D eigenvalue weighted by atomic mass is 35.7. The second-order valence-corrected chi connectivity index (χ2v) is 5.96. The van der Waals surface area contributed by atoms with Crippen LogP contribution in [0.3, 0.4) is 0 Å². The quantitative estimate of drug-likeness (QED) is 0.764. The van der Waals surface area contributed by atoms with E-state index >= 15 is 0 Å². The van der Waals surface area contributed by atoms with E-state index in [0.717, 1.165) is 23.0 Å². The van der Waals surface area contributed by atoms with E-state index in [0.29, 0.717) is 4.68 Å². The summed E-state index contributed by atoms with van der Waals surface area (Å²) >= 11 is 0.